The lowest BCUT2D eigenvalue weighted by atomic mass is 10.1. The summed E-state index contributed by atoms with van der Waals surface area (Å²) in [6.45, 7) is 1.94. The Morgan fingerprint density at radius 2 is 2.04 bits per heavy atom. The number of ether oxygens (including phenoxy) is 1. The Balaban J connectivity index is 1.47. The molecule has 0 aliphatic carbocycles. The van der Waals surface area contributed by atoms with Gasteiger partial charge in [0.05, 0.1) is 6.61 Å². The highest BCUT2D eigenvalue weighted by Gasteiger charge is 2.26. The van der Waals surface area contributed by atoms with Crippen LogP contribution in [0.5, 0.6) is 5.75 Å². The maximum atomic E-state index is 13.5. The predicted octanol–water partition coefficient (Wildman–Crippen LogP) is 3.15. The summed E-state index contributed by atoms with van der Waals surface area (Å²) >= 11 is 0. The van der Waals surface area contributed by atoms with E-state index in [9.17, 15) is 9.18 Å². The molecule has 1 aromatic heterocycles. The van der Waals surface area contributed by atoms with E-state index in [1.165, 1.54) is 6.07 Å². The number of likely N-dealkylation sites (tertiary alicyclic amines) is 1. The minimum absolute atomic E-state index is 0.0462. The van der Waals surface area contributed by atoms with Gasteiger partial charge in [-0.25, -0.2) is 4.39 Å². The summed E-state index contributed by atoms with van der Waals surface area (Å²) in [6, 6.07) is 9.88. The molecule has 3 rings (SSSR count). The van der Waals surface area contributed by atoms with Crippen LogP contribution in [0.3, 0.4) is 0 Å². The van der Waals surface area contributed by atoms with Crippen LogP contribution in [0.15, 0.2) is 48.8 Å². The molecular formula is C18H19FN2O2. The van der Waals surface area contributed by atoms with Gasteiger partial charge in [0.25, 0.3) is 5.91 Å². The maximum absolute atomic E-state index is 13.5. The lowest BCUT2D eigenvalue weighted by Crippen LogP contribution is -2.28. The van der Waals surface area contributed by atoms with E-state index in [1.54, 1.807) is 42.7 Å². The summed E-state index contributed by atoms with van der Waals surface area (Å²) in [7, 11) is 0. The van der Waals surface area contributed by atoms with Gasteiger partial charge in [-0.05, 0) is 43.0 Å². The highest BCUT2D eigenvalue weighted by molar-refractivity contribution is 5.94. The molecule has 1 amide bonds. The number of rotatable bonds is 5. The quantitative estimate of drug-likeness (QED) is 0.851. The van der Waals surface area contributed by atoms with Gasteiger partial charge in [-0.15, -0.1) is 0 Å². The van der Waals surface area contributed by atoms with Crippen LogP contribution in [0.2, 0.25) is 0 Å². The molecular weight excluding hydrogens is 295 g/mol. The molecule has 0 radical (unpaired) electrons. The largest absolute Gasteiger partial charge is 0.491 e. The first-order valence-electron chi connectivity index (χ1n) is 7.80. The van der Waals surface area contributed by atoms with Crippen molar-refractivity contribution in [3.05, 3.63) is 60.2 Å². The Kier molecular flexibility index (Phi) is 4.86. The summed E-state index contributed by atoms with van der Waals surface area (Å²) < 4.78 is 19.0. The minimum Gasteiger partial charge on any atom is -0.491 e. The molecule has 1 aliphatic rings. The van der Waals surface area contributed by atoms with Crippen LogP contribution in [-0.2, 0) is 0 Å². The Labute approximate surface area is 134 Å². The third-order valence-electron chi connectivity index (χ3n) is 4.12. The van der Waals surface area contributed by atoms with E-state index in [-0.39, 0.29) is 17.5 Å². The lowest BCUT2D eigenvalue weighted by Gasteiger charge is -2.16. The van der Waals surface area contributed by atoms with Crippen LogP contribution in [0.4, 0.5) is 4.39 Å². The normalized spacial score (nSPS) is 17.3. The average molecular weight is 314 g/mol. The van der Waals surface area contributed by atoms with Crippen molar-refractivity contribution in [1.29, 1.82) is 0 Å². The van der Waals surface area contributed by atoms with Gasteiger partial charge in [0.1, 0.15) is 0 Å². The topological polar surface area (TPSA) is 42.4 Å². The SMILES string of the molecule is O=C(c1ccncc1)N1CCC(CCOc2ccccc2F)C1. The number of halogens is 1. The fourth-order valence-electron chi connectivity index (χ4n) is 2.83. The Hall–Kier alpha value is -2.43. The van der Waals surface area contributed by atoms with Gasteiger partial charge in [-0.2, -0.15) is 0 Å². The second-order valence-electron chi connectivity index (χ2n) is 5.71. The number of carbonyl (C=O) groups excluding carboxylic acids is 1. The number of hydrogen-bond acceptors (Lipinski definition) is 3. The number of hydrogen-bond donors (Lipinski definition) is 0. The fraction of sp³-hybridized carbons (Fsp3) is 0.333. The van der Waals surface area contributed by atoms with E-state index in [0.717, 1.165) is 25.9 Å². The number of benzene rings is 1. The summed E-state index contributed by atoms with van der Waals surface area (Å²) in [5.74, 6) is 0.390. The van der Waals surface area contributed by atoms with Gasteiger partial charge in [0.15, 0.2) is 11.6 Å². The van der Waals surface area contributed by atoms with Crippen molar-refractivity contribution in [3.8, 4) is 5.75 Å². The van der Waals surface area contributed by atoms with E-state index in [0.29, 0.717) is 18.1 Å². The summed E-state index contributed by atoms with van der Waals surface area (Å²) in [5.41, 5.74) is 0.670. The zero-order valence-electron chi connectivity index (χ0n) is 12.8. The van der Waals surface area contributed by atoms with Gasteiger partial charge in [-0.3, -0.25) is 9.78 Å². The van der Waals surface area contributed by atoms with E-state index < -0.39 is 0 Å². The number of amides is 1. The molecule has 1 fully saturated rings. The highest BCUT2D eigenvalue weighted by Crippen LogP contribution is 2.22. The molecule has 0 N–H and O–H groups in total. The lowest BCUT2D eigenvalue weighted by molar-refractivity contribution is 0.0785. The number of para-hydroxylation sites is 1. The fourth-order valence-corrected chi connectivity index (χ4v) is 2.83. The zero-order valence-corrected chi connectivity index (χ0v) is 12.8. The summed E-state index contributed by atoms with van der Waals surface area (Å²) in [5, 5.41) is 0. The monoisotopic (exact) mass is 314 g/mol. The van der Waals surface area contributed by atoms with Crippen molar-refractivity contribution in [3.63, 3.8) is 0 Å². The standard InChI is InChI=1S/C18H19FN2O2/c19-16-3-1-2-4-17(16)23-12-8-14-7-11-21(13-14)18(22)15-5-9-20-10-6-15/h1-6,9-10,14H,7-8,11-13H2. The molecule has 0 bridgehead atoms. The molecule has 0 spiro atoms. The molecule has 4 nitrogen and oxygen atoms in total. The van der Waals surface area contributed by atoms with Gasteiger partial charge >= 0.3 is 0 Å². The molecule has 2 heterocycles. The molecule has 1 atom stereocenters. The summed E-state index contributed by atoms with van der Waals surface area (Å²) in [4.78, 5) is 18.1. The van der Waals surface area contributed by atoms with Crippen LogP contribution in [-0.4, -0.2) is 35.5 Å². The first-order valence-corrected chi connectivity index (χ1v) is 7.80. The Bertz CT molecular complexity index is 663. The number of pyridine rings is 1. The maximum Gasteiger partial charge on any atom is 0.253 e. The van der Waals surface area contributed by atoms with Crippen LogP contribution in [0.1, 0.15) is 23.2 Å². The second-order valence-corrected chi connectivity index (χ2v) is 5.71. The van der Waals surface area contributed by atoms with Crippen LogP contribution >= 0.6 is 0 Å². The van der Waals surface area contributed by atoms with Gasteiger partial charge in [0, 0.05) is 31.0 Å². The van der Waals surface area contributed by atoms with Crippen LogP contribution < -0.4 is 4.74 Å². The van der Waals surface area contributed by atoms with Crippen molar-refractivity contribution in [2.45, 2.75) is 12.8 Å². The first kappa shape index (κ1) is 15.5. The molecule has 120 valence electrons. The van der Waals surface area contributed by atoms with Crippen molar-refractivity contribution < 1.29 is 13.9 Å². The number of carbonyl (C=O) groups is 1. The highest BCUT2D eigenvalue weighted by atomic mass is 19.1. The van der Waals surface area contributed by atoms with Crippen molar-refractivity contribution in [2.75, 3.05) is 19.7 Å². The van der Waals surface area contributed by atoms with Crippen molar-refractivity contribution in [1.82, 2.24) is 9.88 Å². The molecule has 1 unspecified atom stereocenters. The van der Waals surface area contributed by atoms with E-state index in [1.807, 2.05) is 4.90 Å². The molecule has 1 aliphatic heterocycles. The number of nitrogens with zero attached hydrogens (tertiary/aromatic N) is 2. The average Bonchev–Trinajstić information content (AvgIpc) is 3.06. The molecule has 1 aromatic carbocycles. The minimum atomic E-state index is -0.339. The van der Waals surface area contributed by atoms with E-state index in [2.05, 4.69) is 4.98 Å². The molecule has 23 heavy (non-hydrogen) atoms. The van der Waals surface area contributed by atoms with E-state index >= 15 is 0 Å². The Morgan fingerprint density at radius 1 is 1.26 bits per heavy atom. The number of aromatic nitrogens is 1. The zero-order chi connectivity index (χ0) is 16.1. The van der Waals surface area contributed by atoms with Crippen LogP contribution in [0.25, 0.3) is 0 Å². The van der Waals surface area contributed by atoms with E-state index in [4.69, 9.17) is 4.74 Å². The molecule has 1 saturated heterocycles. The van der Waals surface area contributed by atoms with Gasteiger partial charge < -0.3 is 9.64 Å². The van der Waals surface area contributed by atoms with Crippen LogP contribution in [0, 0.1) is 11.7 Å². The van der Waals surface area contributed by atoms with Gasteiger partial charge in [0.2, 0.25) is 0 Å². The smallest absolute Gasteiger partial charge is 0.253 e. The first-order chi connectivity index (χ1) is 11.2. The third kappa shape index (κ3) is 3.86. The molecule has 2 aromatic rings. The van der Waals surface area contributed by atoms with Crippen molar-refractivity contribution >= 4 is 5.91 Å². The van der Waals surface area contributed by atoms with Crippen molar-refractivity contribution in [2.24, 2.45) is 5.92 Å². The predicted molar refractivity (Wildman–Crippen MR) is 84.8 cm³/mol. The van der Waals surface area contributed by atoms with Gasteiger partial charge in [-0.1, -0.05) is 12.1 Å². The second kappa shape index (κ2) is 7.22. The summed E-state index contributed by atoms with van der Waals surface area (Å²) in [6.07, 6.45) is 5.03. The third-order valence-corrected chi connectivity index (χ3v) is 4.12. The molecule has 0 saturated carbocycles. The Morgan fingerprint density at radius 3 is 2.83 bits per heavy atom. The molecule has 5 heteroatoms.